The molecule has 0 unspecified atom stereocenters. The van der Waals surface area contributed by atoms with Crippen molar-refractivity contribution in [2.45, 2.75) is 13.5 Å². The topological polar surface area (TPSA) is 49.8 Å². The van der Waals surface area contributed by atoms with Crippen LogP contribution in [0.4, 0.5) is 21.7 Å². The minimum absolute atomic E-state index is 0.246. The lowest BCUT2D eigenvalue weighted by Crippen LogP contribution is -2.03. The molecule has 0 aliphatic rings. The van der Waals surface area contributed by atoms with E-state index in [2.05, 4.69) is 20.6 Å². The van der Waals surface area contributed by atoms with Crippen LogP contribution in [0.1, 0.15) is 11.1 Å². The van der Waals surface area contributed by atoms with Crippen LogP contribution >= 0.6 is 11.6 Å². The molecule has 122 valence electrons. The second kappa shape index (κ2) is 7.27. The maximum atomic E-state index is 12.9. The maximum absolute atomic E-state index is 12.9. The summed E-state index contributed by atoms with van der Waals surface area (Å²) in [6, 6.07) is 13.9. The van der Waals surface area contributed by atoms with Gasteiger partial charge >= 0.3 is 0 Å². The molecule has 3 aromatic rings. The van der Waals surface area contributed by atoms with Gasteiger partial charge in [-0.1, -0.05) is 29.8 Å². The Hall–Kier alpha value is -2.66. The monoisotopic (exact) mass is 342 g/mol. The van der Waals surface area contributed by atoms with Gasteiger partial charge < -0.3 is 10.6 Å². The van der Waals surface area contributed by atoms with Gasteiger partial charge in [-0.15, -0.1) is 0 Å². The molecule has 0 bridgehead atoms. The highest BCUT2D eigenvalue weighted by Gasteiger charge is 2.02. The second-order valence-electron chi connectivity index (χ2n) is 5.36. The van der Waals surface area contributed by atoms with Crippen molar-refractivity contribution in [3.63, 3.8) is 0 Å². The minimum Gasteiger partial charge on any atom is -0.366 e. The van der Waals surface area contributed by atoms with Gasteiger partial charge in [0.25, 0.3) is 0 Å². The Balaban J connectivity index is 1.67. The van der Waals surface area contributed by atoms with Gasteiger partial charge in [-0.3, -0.25) is 0 Å². The summed E-state index contributed by atoms with van der Waals surface area (Å²) in [5, 5.41) is 7.08. The van der Waals surface area contributed by atoms with Crippen molar-refractivity contribution in [3.8, 4) is 0 Å². The zero-order valence-corrected chi connectivity index (χ0v) is 13.8. The summed E-state index contributed by atoms with van der Waals surface area (Å²) in [6.07, 6.45) is 1.48. The highest BCUT2D eigenvalue weighted by atomic mass is 35.5. The number of rotatable bonds is 5. The van der Waals surface area contributed by atoms with Gasteiger partial charge in [-0.2, -0.15) is 0 Å². The third-order valence-electron chi connectivity index (χ3n) is 3.50. The first-order valence-electron chi connectivity index (χ1n) is 7.44. The predicted molar refractivity (Wildman–Crippen MR) is 95.2 cm³/mol. The Morgan fingerprint density at radius 2 is 1.75 bits per heavy atom. The molecule has 3 rings (SSSR count). The maximum Gasteiger partial charge on any atom is 0.135 e. The van der Waals surface area contributed by atoms with Gasteiger partial charge in [0.1, 0.15) is 23.8 Å². The summed E-state index contributed by atoms with van der Waals surface area (Å²) in [5.74, 6) is 1.09. The standard InChI is InChI=1S/C18H16ClFN4/c1-12-2-7-15(8-16(12)19)24-18-9-17(22-11-23-18)21-10-13-3-5-14(20)6-4-13/h2-9,11H,10H2,1H3,(H2,21,22,23,24). The van der Waals surface area contributed by atoms with Crippen molar-refractivity contribution in [2.75, 3.05) is 10.6 Å². The van der Waals surface area contributed by atoms with Crippen LogP contribution in [-0.2, 0) is 6.54 Å². The number of nitrogens with one attached hydrogen (secondary N) is 2. The first-order valence-corrected chi connectivity index (χ1v) is 7.81. The van der Waals surface area contributed by atoms with Crippen molar-refractivity contribution in [1.29, 1.82) is 0 Å². The van der Waals surface area contributed by atoms with Crippen LogP contribution in [0.3, 0.4) is 0 Å². The van der Waals surface area contributed by atoms with Crippen LogP contribution in [-0.4, -0.2) is 9.97 Å². The molecule has 1 aromatic heterocycles. The van der Waals surface area contributed by atoms with Gasteiger partial charge in [-0.05, 0) is 42.3 Å². The van der Waals surface area contributed by atoms with E-state index in [-0.39, 0.29) is 5.82 Å². The molecule has 6 heteroatoms. The van der Waals surface area contributed by atoms with E-state index in [9.17, 15) is 4.39 Å². The van der Waals surface area contributed by atoms with Crippen LogP contribution in [0.25, 0.3) is 0 Å². The average Bonchev–Trinajstić information content (AvgIpc) is 2.58. The molecule has 0 fully saturated rings. The number of hydrogen-bond acceptors (Lipinski definition) is 4. The van der Waals surface area contributed by atoms with E-state index in [4.69, 9.17) is 11.6 Å². The zero-order valence-electron chi connectivity index (χ0n) is 13.1. The van der Waals surface area contributed by atoms with Crippen LogP contribution in [0.2, 0.25) is 5.02 Å². The zero-order chi connectivity index (χ0) is 16.9. The fourth-order valence-electron chi connectivity index (χ4n) is 2.14. The van der Waals surface area contributed by atoms with Gasteiger partial charge in [0.05, 0.1) is 0 Å². The summed E-state index contributed by atoms with van der Waals surface area (Å²) in [5.41, 5.74) is 2.84. The van der Waals surface area contributed by atoms with Crippen molar-refractivity contribution in [3.05, 3.63) is 76.8 Å². The third kappa shape index (κ3) is 4.20. The predicted octanol–water partition coefficient (Wildman–Crippen LogP) is 4.93. The summed E-state index contributed by atoms with van der Waals surface area (Å²) < 4.78 is 12.9. The van der Waals surface area contributed by atoms with Crippen LogP contribution < -0.4 is 10.6 Å². The van der Waals surface area contributed by atoms with Gasteiger partial charge in [-0.25, -0.2) is 14.4 Å². The summed E-state index contributed by atoms with van der Waals surface area (Å²) in [6.45, 7) is 2.50. The van der Waals surface area contributed by atoms with Crippen molar-refractivity contribution in [1.82, 2.24) is 9.97 Å². The van der Waals surface area contributed by atoms with E-state index in [1.807, 2.05) is 25.1 Å². The number of halogens is 2. The first-order chi connectivity index (χ1) is 11.6. The van der Waals surface area contributed by atoms with Crippen molar-refractivity contribution < 1.29 is 4.39 Å². The lowest BCUT2D eigenvalue weighted by molar-refractivity contribution is 0.627. The molecular formula is C18H16ClFN4. The molecule has 0 aliphatic carbocycles. The average molecular weight is 343 g/mol. The number of hydrogen-bond donors (Lipinski definition) is 2. The number of aromatic nitrogens is 2. The summed E-state index contributed by atoms with van der Waals surface area (Å²) in [7, 11) is 0. The van der Waals surface area contributed by atoms with E-state index in [1.165, 1.54) is 18.5 Å². The molecule has 0 saturated carbocycles. The van der Waals surface area contributed by atoms with Gasteiger partial charge in [0, 0.05) is 23.3 Å². The number of aryl methyl sites for hydroxylation is 1. The molecule has 1 heterocycles. The highest BCUT2D eigenvalue weighted by Crippen LogP contribution is 2.23. The Bertz CT molecular complexity index is 837. The SMILES string of the molecule is Cc1ccc(Nc2cc(NCc3ccc(F)cc3)ncn2)cc1Cl. The van der Waals surface area contributed by atoms with Crippen LogP contribution in [0.5, 0.6) is 0 Å². The number of anilines is 3. The fraction of sp³-hybridized carbons (Fsp3) is 0.111. The highest BCUT2D eigenvalue weighted by molar-refractivity contribution is 6.31. The molecule has 24 heavy (non-hydrogen) atoms. The molecule has 0 spiro atoms. The molecule has 0 atom stereocenters. The first kappa shape index (κ1) is 16.2. The van der Waals surface area contributed by atoms with Crippen LogP contribution in [0, 0.1) is 12.7 Å². The lowest BCUT2D eigenvalue weighted by atomic mass is 10.2. The van der Waals surface area contributed by atoms with E-state index < -0.39 is 0 Å². The van der Waals surface area contributed by atoms with Crippen molar-refractivity contribution in [2.24, 2.45) is 0 Å². The molecule has 0 saturated heterocycles. The quantitative estimate of drug-likeness (QED) is 0.690. The number of benzene rings is 2. The fourth-order valence-corrected chi connectivity index (χ4v) is 2.32. The molecule has 0 amide bonds. The molecule has 0 aliphatic heterocycles. The minimum atomic E-state index is -0.246. The Labute approximate surface area is 144 Å². The van der Waals surface area contributed by atoms with Crippen molar-refractivity contribution >= 4 is 28.9 Å². The molecule has 0 radical (unpaired) electrons. The van der Waals surface area contributed by atoms with E-state index in [0.717, 1.165) is 16.8 Å². The third-order valence-corrected chi connectivity index (χ3v) is 3.91. The smallest absolute Gasteiger partial charge is 0.135 e. The summed E-state index contributed by atoms with van der Waals surface area (Å²) >= 11 is 6.13. The van der Waals surface area contributed by atoms with E-state index in [1.54, 1.807) is 18.2 Å². The van der Waals surface area contributed by atoms with Gasteiger partial charge in [0.15, 0.2) is 0 Å². The molecule has 4 nitrogen and oxygen atoms in total. The van der Waals surface area contributed by atoms with E-state index in [0.29, 0.717) is 23.2 Å². The second-order valence-corrected chi connectivity index (χ2v) is 5.76. The molecule has 2 aromatic carbocycles. The largest absolute Gasteiger partial charge is 0.366 e. The van der Waals surface area contributed by atoms with E-state index >= 15 is 0 Å². The Morgan fingerprint density at radius 3 is 2.50 bits per heavy atom. The molecule has 2 N–H and O–H groups in total. The Kier molecular flexibility index (Phi) is 4.91. The van der Waals surface area contributed by atoms with Gasteiger partial charge in [0.2, 0.25) is 0 Å². The lowest BCUT2D eigenvalue weighted by Gasteiger charge is -2.09. The number of nitrogens with zero attached hydrogens (tertiary/aromatic N) is 2. The summed E-state index contributed by atoms with van der Waals surface area (Å²) in [4.78, 5) is 8.38. The van der Waals surface area contributed by atoms with Crippen LogP contribution in [0.15, 0.2) is 54.9 Å². The molecular weight excluding hydrogens is 327 g/mol. The normalized spacial score (nSPS) is 10.5. The Morgan fingerprint density at radius 1 is 1.00 bits per heavy atom.